The molecule has 0 aliphatic heterocycles. The molecule has 2 rings (SSSR count). The molecule has 0 fully saturated rings. The zero-order valence-corrected chi connectivity index (χ0v) is 11.7. The second-order valence-corrected chi connectivity index (χ2v) is 4.95. The molecule has 0 aliphatic rings. The van der Waals surface area contributed by atoms with E-state index in [4.69, 9.17) is 0 Å². The lowest BCUT2D eigenvalue weighted by molar-refractivity contribution is 0.731. The van der Waals surface area contributed by atoms with Crippen molar-refractivity contribution in [2.45, 2.75) is 20.4 Å². The SMILES string of the molecule is Cc1nn(C)c(C)c1NCc1cncc(Br)c1. The molecule has 2 heterocycles. The number of aromatic nitrogens is 3. The van der Waals surface area contributed by atoms with Crippen molar-refractivity contribution in [3.05, 3.63) is 39.9 Å². The molecule has 0 unspecified atom stereocenters. The lowest BCUT2D eigenvalue weighted by Gasteiger charge is -2.06. The molecule has 0 aliphatic carbocycles. The van der Waals surface area contributed by atoms with Crippen LogP contribution in [0.2, 0.25) is 0 Å². The summed E-state index contributed by atoms with van der Waals surface area (Å²) in [5.74, 6) is 0. The van der Waals surface area contributed by atoms with Gasteiger partial charge in [0.2, 0.25) is 0 Å². The van der Waals surface area contributed by atoms with E-state index in [1.54, 1.807) is 6.20 Å². The molecule has 5 heteroatoms. The number of nitrogens with zero attached hydrogens (tertiary/aromatic N) is 3. The molecule has 0 aromatic carbocycles. The van der Waals surface area contributed by atoms with Crippen molar-refractivity contribution in [1.29, 1.82) is 0 Å². The molecule has 90 valence electrons. The maximum absolute atomic E-state index is 4.37. The van der Waals surface area contributed by atoms with Gasteiger partial charge in [-0.05, 0) is 41.4 Å². The van der Waals surface area contributed by atoms with Crippen molar-refractivity contribution in [1.82, 2.24) is 14.8 Å². The van der Waals surface area contributed by atoms with Gasteiger partial charge >= 0.3 is 0 Å². The molecule has 2 aromatic heterocycles. The smallest absolute Gasteiger partial charge is 0.0827 e. The van der Waals surface area contributed by atoms with E-state index in [-0.39, 0.29) is 0 Å². The van der Waals surface area contributed by atoms with Crippen molar-refractivity contribution in [2.24, 2.45) is 7.05 Å². The highest BCUT2D eigenvalue weighted by atomic mass is 79.9. The minimum absolute atomic E-state index is 0.750. The fourth-order valence-corrected chi connectivity index (χ4v) is 2.18. The number of hydrogen-bond acceptors (Lipinski definition) is 3. The lowest BCUT2D eigenvalue weighted by Crippen LogP contribution is -2.02. The van der Waals surface area contributed by atoms with Gasteiger partial charge in [0.1, 0.15) is 0 Å². The summed E-state index contributed by atoms with van der Waals surface area (Å²) in [5, 5.41) is 7.77. The summed E-state index contributed by atoms with van der Waals surface area (Å²) in [6.07, 6.45) is 3.64. The van der Waals surface area contributed by atoms with Gasteiger partial charge in [0.15, 0.2) is 0 Å². The molecule has 0 atom stereocenters. The maximum atomic E-state index is 4.37. The highest BCUT2D eigenvalue weighted by Crippen LogP contribution is 2.19. The van der Waals surface area contributed by atoms with Crippen molar-refractivity contribution < 1.29 is 0 Å². The first-order valence-corrected chi connectivity index (χ1v) is 6.20. The molecular formula is C12H15BrN4. The minimum atomic E-state index is 0.750. The number of hydrogen-bond donors (Lipinski definition) is 1. The van der Waals surface area contributed by atoms with Crippen LogP contribution in [0.4, 0.5) is 5.69 Å². The molecular weight excluding hydrogens is 280 g/mol. The minimum Gasteiger partial charge on any atom is -0.378 e. The van der Waals surface area contributed by atoms with E-state index in [1.165, 1.54) is 0 Å². The van der Waals surface area contributed by atoms with Gasteiger partial charge in [-0.3, -0.25) is 9.67 Å². The molecule has 4 nitrogen and oxygen atoms in total. The van der Waals surface area contributed by atoms with E-state index in [0.29, 0.717) is 0 Å². The monoisotopic (exact) mass is 294 g/mol. The van der Waals surface area contributed by atoms with Crippen molar-refractivity contribution in [3.8, 4) is 0 Å². The highest BCUT2D eigenvalue weighted by Gasteiger charge is 2.08. The quantitative estimate of drug-likeness (QED) is 0.947. The zero-order chi connectivity index (χ0) is 12.4. The first kappa shape index (κ1) is 12.1. The highest BCUT2D eigenvalue weighted by molar-refractivity contribution is 9.10. The average molecular weight is 295 g/mol. The summed E-state index contributed by atoms with van der Waals surface area (Å²) in [6, 6.07) is 2.06. The lowest BCUT2D eigenvalue weighted by atomic mass is 10.2. The maximum Gasteiger partial charge on any atom is 0.0827 e. The summed E-state index contributed by atoms with van der Waals surface area (Å²) in [7, 11) is 1.95. The van der Waals surface area contributed by atoms with Gasteiger partial charge in [-0.1, -0.05) is 0 Å². The van der Waals surface area contributed by atoms with Crippen LogP contribution in [0.1, 0.15) is 17.0 Å². The van der Waals surface area contributed by atoms with Gasteiger partial charge in [0, 0.05) is 30.5 Å². The largest absolute Gasteiger partial charge is 0.378 e. The zero-order valence-electron chi connectivity index (χ0n) is 10.2. The number of anilines is 1. The number of rotatable bonds is 3. The molecule has 0 radical (unpaired) electrons. The van der Waals surface area contributed by atoms with Crippen LogP contribution in [-0.2, 0) is 13.6 Å². The Morgan fingerprint density at radius 1 is 1.35 bits per heavy atom. The summed E-state index contributed by atoms with van der Waals surface area (Å²) < 4.78 is 2.88. The van der Waals surface area contributed by atoms with Crippen LogP contribution in [0.15, 0.2) is 22.9 Å². The number of aryl methyl sites for hydroxylation is 2. The molecule has 1 N–H and O–H groups in total. The van der Waals surface area contributed by atoms with E-state index in [2.05, 4.69) is 44.3 Å². The molecule has 0 saturated carbocycles. The molecule has 0 bridgehead atoms. The van der Waals surface area contributed by atoms with Gasteiger partial charge in [-0.25, -0.2) is 0 Å². The van der Waals surface area contributed by atoms with Crippen LogP contribution >= 0.6 is 15.9 Å². The fourth-order valence-electron chi connectivity index (χ4n) is 1.77. The summed E-state index contributed by atoms with van der Waals surface area (Å²) in [5.41, 5.74) is 4.41. The summed E-state index contributed by atoms with van der Waals surface area (Å²) >= 11 is 3.41. The van der Waals surface area contributed by atoms with E-state index < -0.39 is 0 Å². The standard InChI is InChI=1S/C12H15BrN4/c1-8-12(9(2)17(3)16-8)15-6-10-4-11(13)7-14-5-10/h4-5,7,15H,6H2,1-3H3. The normalized spacial score (nSPS) is 10.6. The number of halogens is 1. The molecule has 0 spiro atoms. The van der Waals surface area contributed by atoms with E-state index in [0.717, 1.165) is 33.7 Å². The first-order valence-electron chi connectivity index (χ1n) is 5.41. The Labute approximate surface area is 109 Å². The van der Waals surface area contributed by atoms with Crippen LogP contribution < -0.4 is 5.32 Å². The third-order valence-corrected chi connectivity index (χ3v) is 3.17. The average Bonchev–Trinajstić information content (AvgIpc) is 2.51. The molecule has 0 amide bonds. The third kappa shape index (κ3) is 2.66. The van der Waals surface area contributed by atoms with Gasteiger partial charge in [0.25, 0.3) is 0 Å². The van der Waals surface area contributed by atoms with Crippen LogP contribution in [0.3, 0.4) is 0 Å². The van der Waals surface area contributed by atoms with Gasteiger partial charge in [-0.15, -0.1) is 0 Å². The Morgan fingerprint density at radius 2 is 2.12 bits per heavy atom. The fraction of sp³-hybridized carbons (Fsp3) is 0.333. The van der Waals surface area contributed by atoms with E-state index in [9.17, 15) is 0 Å². The second kappa shape index (κ2) is 4.87. The number of pyridine rings is 1. The second-order valence-electron chi connectivity index (χ2n) is 4.03. The van der Waals surface area contributed by atoms with Crippen molar-refractivity contribution in [2.75, 3.05) is 5.32 Å². The van der Waals surface area contributed by atoms with Crippen LogP contribution in [-0.4, -0.2) is 14.8 Å². The third-order valence-electron chi connectivity index (χ3n) is 2.74. The molecule has 17 heavy (non-hydrogen) atoms. The van der Waals surface area contributed by atoms with Crippen molar-refractivity contribution >= 4 is 21.6 Å². The molecule has 0 saturated heterocycles. The van der Waals surface area contributed by atoms with Gasteiger partial charge in [-0.2, -0.15) is 5.10 Å². The predicted molar refractivity (Wildman–Crippen MR) is 71.9 cm³/mol. The molecule has 2 aromatic rings. The van der Waals surface area contributed by atoms with Crippen LogP contribution in [0.25, 0.3) is 0 Å². The van der Waals surface area contributed by atoms with Gasteiger partial charge < -0.3 is 5.32 Å². The number of nitrogens with one attached hydrogen (secondary N) is 1. The van der Waals surface area contributed by atoms with E-state index in [1.807, 2.05) is 24.9 Å². The summed E-state index contributed by atoms with van der Waals surface area (Å²) in [4.78, 5) is 4.14. The van der Waals surface area contributed by atoms with Crippen LogP contribution in [0.5, 0.6) is 0 Å². The van der Waals surface area contributed by atoms with Gasteiger partial charge in [0.05, 0.1) is 17.1 Å². The summed E-state index contributed by atoms with van der Waals surface area (Å²) in [6.45, 7) is 4.82. The first-order chi connectivity index (χ1) is 8.08. The Kier molecular flexibility index (Phi) is 3.47. The van der Waals surface area contributed by atoms with E-state index >= 15 is 0 Å². The van der Waals surface area contributed by atoms with Crippen molar-refractivity contribution in [3.63, 3.8) is 0 Å². The predicted octanol–water partition coefficient (Wildman–Crippen LogP) is 2.81. The van der Waals surface area contributed by atoms with Crippen LogP contribution in [0, 0.1) is 13.8 Å². The Hall–Kier alpha value is -1.36. The Balaban J connectivity index is 2.12. The topological polar surface area (TPSA) is 42.7 Å². The Morgan fingerprint density at radius 3 is 2.71 bits per heavy atom. The Bertz CT molecular complexity index is 533.